The summed E-state index contributed by atoms with van der Waals surface area (Å²) >= 11 is 3.20. The maximum Gasteiger partial charge on any atom is 0.196 e. The molecule has 4 aromatic heterocycles. The Hall–Kier alpha value is -3.54. The fourth-order valence-corrected chi connectivity index (χ4v) is 6.90. The van der Waals surface area contributed by atoms with Gasteiger partial charge in [-0.15, -0.1) is 11.3 Å². The van der Waals surface area contributed by atoms with Crippen molar-refractivity contribution in [1.82, 2.24) is 19.6 Å². The number of benzene rings is 1. The number of rotatable bonds is 8. The fourth-order valence-electron chi connectivity index (χ4n) is 4.99. The van der Waals surface area contributed by atoms with Gasteiger partial charge in [-0.25, -0.2) is 14.6 Å². The molecule has 11 heteroatoms. The van der Waals surface area contributed by atoms with E-state index in [0.717, 1.165) is 39.8 Å². The summed E-state index contributed by atoms with van der Waals surface area (Å²) in [6.07, 6.45) is 9.08. The van der Waals surface area contributed by atoms with Crippen molar-refractivity contribution in [2.75, 3.05) is 19.6 Å². The molecule has 1 aliphatic heterocycles. The summed E-state index contributed by atoms with van der Waals surface area (Å²) in [5.41, 5.74) is 6.56. The molecular weight excluding hydrogens is 522 g/mol. The summed E-state index contributed by atoms with van der Waals surface area (Å²) in [5.74, 6) is 1.98. The Labute approximate surface area is 227 Å². The van der Waals surface area contributed by atoms with E-state index in [4.69, 9.17) is 23.6 Å². The highest BCUT2D eigenvalue weighted by atomic mass is 32.2. The smallest absolute Gasteiger partial charge is 0.196 e. The van der Waals surface area contributed by atoms with Crippen molar-refractivity contribution in [3.63, 3.8) is 0 Å². The molecule has 194 valence electrons. The second-order valence-corrected chi connectivity index (χ2v) is 11.2. The van der Waals surface area contributed by atoms with Gasteiger partial charge >= 0.3 is 0 Å². The number of ether oxygens (including phenoxy) is 3. The van der Waals surface area contributed by atoms with Gasteiger partial charge in [0.25, 0.3) is 0 Å². The Balaban J connectivity index is 1.15. The summed E-state index contributed by atoms with van der Waals surface area (Å²) in [4.78, 5) is 14.0. The minimum Gasteiger partial charge on any atom is -0.496 e. The van der Waals surface area contributed by atoms with E-state index >= 15 is 0 Å². The molecule has 0 bridgehead atoms. The molecule has 1 unspecified atom stereocenters. The molecule has 0 saturated heterocycles. The molecule has 7 rings (SSSR count). The summed E-state index contributed by atoms with van der Waals surface area (Å²) in [5, 5.41) is 4.89. The van der Waals surface area contributed by atoms with Crippen molar-refractivity contribution in [3.8, 4) is 23.0 Å². The van der Waals surface area contributed by atoms with E-state index in [1.165, 1.54) is 23.7 Å². The van der Waals surface area contributed by atoms with Gasteiger partial charge in [-0.3, -0.25) is 10.4 Å². The molecule has 1 aromatic carbocycles. The zero-order valence-corrected chi connectivity index (χ0v) is 22.5. The molecule has 5 aromatic rings. The van der Waals surface area contributed by atoms with Crippen LogP contribution in [0.5, 0.6) is 11.5 Å². The molecule has 0 amide bonds. The SMILES string of the molecule is COc1cc(OCc2csc(C3(c4cccnc4)CCC3)n2)c2cc(-c3cn4c(n3)SC(OC)N4)oc2c1. The van der Waals surface area contributed by atoms with Crippen molar-refractivity contribution in [3.05, 3.63) is 70.6 Å². The molecule has 1 aliphatic carbocycles. The van der Waals surface area contributed by atoms with E-state index in [2.05, 4.69) is 26.8 Å². The van der Waals surface area contributed by atoms with E-state index < -0.39 is 0 Å². The minimum absolute atomic E-state index is 0.0267. The van der Waals surface area contributed by atoms with Gasteiger partial charge in [-0.05, 0) is 42.3 Å². The zero-order valence-electron chi connectivity index (χ0n) is 20.8. The number of thioether (sulfide) groups is 1. The van der Waals surface area contributed by atoms with Crippen LogP contribution in [0, 0.1) is 0 Å². The number of nitrogens with one attached hydrogen (secondary N) is 1. The lowest BCUT2D eigenvalue weighted by Crippen LogP contribution is -2.35. The van der Waals surface area contributed by atoms with Crippen LogP contribution in [0.3, 0.4) is 0 Å². The van der Waals surface area contributed by atoms with Crippen LogP contribution in [0.1, 0.15) is 35.5 Å². The molecule has 1 fully saturated rings. The number of furan rings is 1. The number of imidazole rings is 1. The number of pyridine rings is 1. The number of methoxy groups -OCH3 is 2. The molecule has 0 radical (unpaired) electrons. The quantitative estimate of drug-likeness (QED) is 0.259. The number of hydrogen-bond donors (Lipinski definition) is 1. The van der Waals surface area contributed by atoms with Crippen molar-refractivity contribution >= 4 is 34.1 Å². The minimum atomic E-state index is -0.152. The van der Waals surface area contributed by atoms with Crippen LogP contribution in [-0.2, 0) is 16.8 Å². The predicted molar refractivity (Wildman–Crippen MR) is 145 cm³/mol. The molecule has 1 atom stereocenters. The first-order valence-electron chi connectivity index (χ1n) is 12.3. The third-order valence-electron chi connectivity index (χ3n) is 7.16. The van der Waals surface area contributed by atoms with Crippen LogP contribution in [-0.4, -0.2) is 39.4 Å². The Morgan fingerprint density at radius 3 is 2.87 bits per heavy atom. The van der Waals surface area contributed by atoms with Crippen molar-refractivity contribution in [2.45, 2.75) is 42.0 Å². The van der Waals surface area contributed by atoms with Crippen molar-refractivity contribution in [1.29, 1.82) is 0 Å². The van der Waals surface area contributed by atoms with E-state index in [0.29, 0.717) is 29.4 Å². The van der Waals surface area contributed by atoms with E-state index in [-0.39, 0.29) is 11.0 Å². The fraction of sp³-hybridized carbons (Fsp3) is 0.296. The highest BCUT2D eigenvalue weighted by Gasteiger charge is 2.43. The van der Waals surface area contributed by atoms with Gasteiger partial charge in [-0.1, -0.05) is 12.5 Å². The number of nitrogens with zero attached hydrogens (tertiary/aromatic N) is 4. The van der Waals surface area contributed by atoms with Crippen LogP contribution < -0.4 is 14.9 Å². The summed E-state index contributed by atoms with van der Waals surface area (Å²) in [6, 6.07) is 9.86. The van der Waals surface area contributed by atoms with E-state index in [1.807, 2.05) is 47.5 Å². The van der Waals surface area contributed by atoms with Crippen LogP contribution in [0.25, 0.3) is 22.4 Å². The van der Waals surface area contributed by atoms with Crippen LogP contribution in [0.15, 0.2) is 63.9 Å². The topological polar surface area (TPSA) is 96.5 Å². The van der Waals surface area contributed by atoms with Gasteiger partial charge in [0.2, 0.25) is 0 Å². The monoisotopic (exact) mass is 547 g/mol. The maximum atomic E-state index is 6.30. The van der Waals surface area contributed by atoms with E-state index in [1.54, 1.807) is 25.6 Å². The second-order valence-electron chi connectivity index (χ2n) is 9.35. The van der Waals surface area contributed by atoms with Crippen LogP contribution >= 0.6 is 23.1 Å². The first-order chi connectivity index (χ1) is 18.6. The van der Waals surface area contributed by atoms with Crippen LogP contribution in [0.4, 0.5) is 0 Å². The Kier molecular flexibility index (Phi) is 5.79. The lowest BCUT2D eigenvalue weighted by molar-refractivity contribution is 0.187. The number of thiazole rings is 1. The number of aromatic nitrogens is 4. The largest absolute Gasteiger partial charge is 0.496 e. The Morgan fingerprint density at radius 1 is 1.21 bits per heavy atom. The average molecular weight is 548 g/mol. The molecule has 1 saturated carbocycles. The molecule has 9 nitrogen and oxygen atoms in total. The second kappa shape index (κ2) is 9.33. The molecule has 0 spiro atoms. The third kappa shape index (κ3) is 3.93. The Bertz CT molecular complexity index is 1580. The highest BCUT2D eigenvalue weighted by Crippen LogP contribution is 2.49. The molecule has 38 heavy (non-hydrogen) atoms. The molecule has 1 N–H and O–H groups in total. The highest BCUT2D eigenvalue weighted by molar-refractivity contribution is 7.99. The van der Waals surface area contributed by atoms with Gasteiger partial charge in [0.1, 0.15) is 34.4 Å². The molecule has 2 aliphatic rings. The first kappa shape index (κ1) is 23.6. The van der Waals surface area contributed by atoms with Gasteiger partial charge in [-0.2, -0.15) is 0 Å². The van der Waals surface area contributed by atoms with Gasteiger partial charge < -0.3 is 18.6 Å². The normalized spacial score (nSPS) is 17.7. The third-order valence-corrected chi connectivity index (χ3v) is 9.27. The summed E-state index contributed by atoms with van der Waals surface area (Å²) in [7, 11) is 3.29. The zero-order chi connectivity index (χ0) is 25.7. The predicted octanol–water partition coefficient (Wildman–Crippen LogP) is 5.78. The summed E-state index contributed by atoms with van der Waals surface area (Å²) < 4.78 is 25.2. The molecular formula is C27H25N5O4S2. The number of hydrogen-bond acceptors (Lipinski definition) is 10. The van der Waals surface area contributed by atoms with Crippen LogP contribution in [0.2, 0.25) is 0 Å². The standard InChI is InChI=1S/C27H25N5O4S2/c1-33-18-9-21(19-11-23(36-22(19)10-18)20-13-32-25(30-20)38-26(31-32)34-2)35-14-17-15-37-24(29-17)27(6-4-7-27)16-5-3-8-28-12-16/h3,5,8-13,15,26,31H,4,6-7,14H2,1-2H3. The summed E-state index contributed by atoms with van der Waals surface area (Å²) in [6.45, 7) is 0.347. The first-order valence-corrected chi connectivity index (χ1v) is 14.1. The molecule has 5 heterocycles. The lowest BCUT2D eigenvalue weighted by Gasteiger charge is -2.40. The maximum absolute atomic E-state index is 6.30. The van der Waals surface area contributed by atoms with Crippen molar-refractivity contribution < 1.29 is 18.6 Å². The number of fused-ring (bicyclic) bond motifs is 2. The van der Waals surface area contributed by atoms with Gasteiger partial charge in [0, 0.05) is 42.4 Å². The van der Waals surface area contributed by atoms with Gasteiger partial charge in [0.05, 0.1) is 24.4 Å². The van der Waals surface area contributed by atoms with E-state index in [9.17, 15) is 0 Å². The van der Waals surface area contributed by atoms with Crippen molar-refractivity contribution in [2.24, 2.45) is 0 Å². The lowest BCUT2D eigenvalue weighted by atomic mass is 9.65. The van der Waals surface area contributed by atoms with Gasteiger partial charge in [0.15, 0.2) is 16.5 Å². The Morgan fingerprint density at radius 2 is 2.13 bits per heavy atom. The average Bonchev–Trinajstić information content (AvgIpc) is 3.70.